The summed E-state index contributed by atoms with van der Waals surface area (Å²) >= 11 is 1.33. The lowest BCUT2D eigenvalue weighted by Gasteiger charge is -2.06. The van der Waals surface area contributed by atoms with Crippen molar-refractivity contribution in [1.29, 1.82) is 0 Å². The fourth-order valence-electron chi connectivity index (χ4n) is 1.55. The lowest BCUT2D eigenvalue weighted by atomic mass is 10.2. The first-order valence-corrected chi connectivity index (χ1v) is 6.10. The number of hydrogen-bond donors (Lipinski definition) is 1. The average molecular weight is 261 g/mol. The maximum absolute atomic E-state index is 11.0. The van der Waals surface area contributed by atoms with E-state index in [9.17, 15) is 15.2 Å². The summed E-state index contributed by atoms with van der Waals surface area (Å²) < 4.78 is 0. The molecule has 0 aromatic heterocycles. The van der Waals surface area contributed by atoms with Crippen LogP contribution in [0.15, 0.2) is 52.3 Å². The lowest BCUT2D eigenvalue weighted by Crippen LogP contribution is -1.92. The van der Waals surface area contributed by atoms with Gasteiger partial charge in [0.05, 0.1) is 9.82 Å². The molecule has 0 saturated heterocycles. The Kier molecular flexibility index (Phi) is 3.53. The number of nitro groups is 1. The highest BCUT2D eigenvalue weighted by Gasteiger charge is 2.16. The van der Waals surface area contributed by atoms with Crippen LogP contribution >= 0.6 is 11.8 Å². The van der Waals surface area contributed by atoms with E-state index in [0.29, 0.717) is 4.90 Å². The first-order valence-electron chi connectivity index (χ1n) is 5.29. The molecule has 0 aliphatic carbocycles. The molecule has 0 fully saturated rings. The van der Waals surface area contributed by atoms with Gasteiger partial charge in [0, 0.05) is 11.0 Å². The highest BCUT2D eigenvalue weighted by Crippen LogP contribution is 2.37. The van der Waals surface area contributed by atoms with Crippen molar-refractivity contribution in [2.45, 2.75) is 16.7 Å². The third-order valence-electron chi connectivity index (χ3n) is 2.44. The molecule has 92 valence electrons. The van der Waals surface area contributed by atoms with Crippen molar-refractivity contribution in [3.63, 3.8) is 0 Å². The molecule has 18 heavy (non-hydrogen) atoms. The van der Waals surface area contributed by atoms with E-state index in [-0.39, 0.29) is 16.4 Å². The lowest BCUT2D eigenvalue weighted by molar-refractivity contribution is -0.387. The topological polar surface area (TPSA) is 63.4 Å². The summed E-state index contributed by atoms with van der Waals surface area (Å²) in [5.74, 6) is 0.179. The van der Waals surface area contributed by atoms with E-state index >= 15 is 0 Å². The molecule has 4 nitrogen and oxygen atoms in total. The van der Waals surface area contributed by atoms with Gasteiger partial charge in [-0.2, -0.15) is 0 Å². The Balaban J connectivity index is 2.39. The van der Waals surface area contributed by atoms with E-state index in [4.69, 9.17) is 0 Å². The molecule has 0 amide bonds. The summed E-state index contributed by atoms with van der Waals surface area (Å²) in [6.07, 6.45) is 0. The van der Waals surface area contributed by atoms with Gasteiger partial charge in [0.1, 0.15) is 5.75 Å². The van der Waals surface area contributed by atoms with Crippen LogP contribution in [-0.2, 0) is 0 Å². The Hall–Kier alpha value is -2.01. The molecule has 2 aromatic rings. The Morgan fingerprint density at radius 3 is 2.44 bits per heavy atom. The zero-order valence-corrected chi connectivity index (χ0v) is 10.5. The van der Waals surface area contributed by atoms with Gasteiger partial charge in [0.15, 0.2) is 0 Å². The van der Waals surface area contributed by atoms with Crippen LogP contribution in [0.4, 0.5) is 5.69 Å². The molecular formula is C13H11NO3S. The number of nitro benzene ring substituents is 1. The number of aromatic hydroxyl groups is 1. The standard InChI is InChI=1S/C13H11NO3S/c1-9-3-2-4-12(14(16)17)13(9)18-11-7-5-10(15)6-8-11/h2-8,15H,1H3. The molecule has 0 aliphatic rings. The number of nitrogens with zero attached hydrogens (tertiary/aromatic N) is 1. The SMILES string of the molecule is Cc1cccc([N+](=O)[O-])c1Sc1ccc(O)cc1. The van der Waals surface area contributed by atoms with Crippen LogP contribution in [0.3, 0.4) is 0 Å². The Labute approximate surface area is 108 Å². The normalized spacial score (nSPS) is 10.3. The summed E-state index contributed by atoms with van der Waals surface area (Å²) in [7, 11) is 0. The predicted molar refractivity (Wildman–Crippen MR) is 70.1 cm³/mol. The maximum Gasteiger partial charge on any atom is 0.283 e. The van der Waals surface area contributed by atoms with Crippen LogP contribution in [0.5, 0.6) is 5.75 Å². The number of hydrogen-bond acceptors (Lipinski definition) is 4. The van der Waals surface area contributed by atoms with E-state index in [0.717, 1.165) is 10.5 Å². The molecule has 0 bridgehead atoms. The van der Waals surface area contributed by atoms with E-state index in [1.807, 2.05) is 13.0 Å². The number of aryl methyl sites for hydroxylation is 1. The monoisotopic (exact) mass is 261 g/mol. The van der Waals surface area contributed by atoms with Gasteiger partial charge in [0.2, 0.25) is 0 Å². The molecule has 5 heteroatoms. The second-order valence-electron chi connectivity index (χ2n) is 3.78. The summed E-state index contributed by atoms with van der Waals surface area (Å²) in [6, 6.07) is 11.6. The molecule has 0 radical (unpaired) electrons. The van der Waals surface area contributed by atoms with Crippen molar-refractivity contribution in [3.8, 4) is 5.75 Å². The molecule has 2 rings (SSSR count). The molecule has 0 saturated carbocycles. The van der Waals surface area contributed by atoms with Crippen LogP contribution in [0, 0.1) is 17.0 Å². The van der Waals surface area contributed by atoms with Gasteiger partial charge >= 0.3 is 0 Å². The average Bonchev–Trinajstić information content (AvgIpc) is 2.34. The maximum atomic E-state index is 11.0. The summed E-state index contributed by atoms with van der Waals surface area (Å²) in [5, 5.41) is 20.2. The summed E-state index contributed by atoms with van der Waals surface area (Å²) in [4.78, 5) is 12.1. The first kappa shape index (κ1) is 12.4. The van der Waals surface area contributed by atoms with E-state index in [2.05, 4.69) is 0 Å². The number of benzene rings is 2. The van der Waals surface area contributed by atoms with Crippen LogP contribution in [0.25, 0.3) is 0 Å². The Morgan fingerprint density at radius 1 is 1.17 bits per heavy atom. The van der Waals surface area contributed by atoms with E-state index in [1.54, 1.807) is 30.3 Å². The van der Waals surface area contributed by atoms with Crippen LogP contribution in [0.1, 0.15) is 5.56 Å². The van der Waals surface area contributed by atoms with Gasteiger partial charge in [-0.15, -0.1) is 0 Å². The minimum absolute atomic E-state index is 0.105. The fourth-order valence-corrected chi connectivity index (χ4v) is 2.53. The molecular weight excluding hydrogens is 250 g/mol. The quantitative estimate of drug-likeness (QED) is 0.675. The number of phenols is 1. The molecule has 0 heterocycles. The molecule has 0 spiro atoms. The van der Waals surface area contributed by atoms with Crippen LogP contribution in [-0.4, -0.2) is 10.0 Å². The van der Waals surface area contributed by atoms with Crippen molar-refractivity contribution < 1.29 is 10.0 Å². The van der Waals surface area contributed by atoms with Crippen molar-refractivity contribution in [2.24, 2.45) is 0 Å². The van der Waals surface area contributed by atoms with Crippen molar-refractivity contribution in [3.05, 3.63) is 58.1 Å². The van der Waals surface area contributed by atoms with Crippen molar-refractivity contribution in [2.75, 3.05) is 0 Å². The molecule has 0 unspecified atom stereocenters. The fraction of sp³-hybridized carbons (Fsp3) is 0.0769. The third kappa shape index (κ3) is 2.62. The molecule has 1 N–H and O–H groups in total. The van der Waals surface area contributed by atoms with Crippen molar-refractivity contribution >= 4 is 17.4 Å². The molecule has 0 atom stereocenters. The van der Waals surface area contributed by atoms with Gasteiger partial charge in [-0.1, -0.05) is 23.9 Å². The van der Waals surface area contributed by atoms with Gasteiger partial charge in [-0.25, -0.2) is 0 Å². The minimum atomic E-state index is -0.379. The van der Waals surface area contributed by atoms with Gasteiger partial charge < -0.3 is 5.11 Å². The van der Waals surface area contributed by atoms with Gasteiger partial charge in [0.25, 0.3) is 5.69 Å². The predicted octanol–water partition coefficient (Wildman–Crippen LogP) is 3.76. The van der Waals surface area contributed by atoms with E-state index in [1.165, 1.54) is 17.8 Å². The largest absolute Gasteiger partial charge is 0.508 e. The van der Waals surface area contributed by atoms with Crippen LogP contribution < -0.4 is 0 Å². The third-order valence-corrected chi connectivity index (χ3v) is 3.69. The first-order chi connectivity index (χ1) is 8.58. The van der Waals surface area contributed by atoms with Crippen LogP contribution in [0.2, 0.25) is 0 Å². The summed E-state index contributed by atoms with van der Waals surface area (Å²) in [5.41, 5.74) is 0.968. The summed E-state index contributed by atoms with van der Waals surface area (Å²) in [6.45, 7) is 1.84. The van der Waals surface area contributed by atoms with E-state index < -0.39 is 0 Å². The second kappa shape index (κ2) is 5.10. The zero-order chi connectivity index (χ0) is 13.1. The molecule has 2 aromatic carbocycles. The smallest absolute Gasteiger partial charge is 0.283 e. The number of rotatable bonds is 3. The molecule has 0 aliphatic heterocycles. The Bertz CT molecular complexity index is 581. The van der Waals surface area contributed by atoms with Gasteiger partial charge in [-0.3, -0.25) is 10.1 Å². The zero-order valence-electron chi connectivity index (χ0n) is 9.66. The highest BCUT2D eigenvalue weighted by atomic mass is 32.2. The minimum Gasteiger partial charge on any atom is -0.508 e. The second-order valence-corrected chi connectivity index (χ2v) is 4.86. The Morgan fingerprint density at radius 2 is 1.83 bits per heavy atom. The van der Waals surface area contributed by atoms with Crippen molar-refractivity contribution in [1.82, 2.24) is 0 Å². The highest BCUT2D eigenvalue weighted by molar-refractivity contribution is 7.99. The number of phenolic OH excluding ortho intramolecular Hbond substituents is 1. The van der Waals surface area contributed by atoms with Gasteiger partial charge in [-0.05, 0) is 36.8 Å².